The fraction of sp³-hybridized carbons (Fsp3) is 0.200. The Morgan fingerprint density at radius 2 is 1.77 bits per heavy atom. The van der Waals surface area contributed by atoms with E-state index in [9.17, 15) is 14.0 Å². The summed E-state index contributed by atoms with van der Waals surface area (Å²) in [4.78, 5) is 26.7. The van der Waals surface area contributed by atoms with Gasteiger partial charge in [0.25, 0.3) is 5.91 Å². The van der Waals surface area contributed by atoms with Crippen molar-refractivity contribution in [2.24, 2.45) is 0 Å². The SMILES string of the molecule is Cc1ccc(C2NC(=O)NC3=C2C(=O)N(Cc2ccc(F)cc2)C3)cc1. The highest BCUT2D eigenvalue weighted by atomic mass is 19.1. The number of nitrogens with one attached hydrogen (secondary N) is 2. The fourth-order valence-corrected chi connectivity index (χ4v) is 3.38. The van der Waals surface area contributed by atoms with Crippen LogP contribution < -0.4 is 10.6 Å². The van der Waals surface area contributed by atoms with Crippen LogP contribution in [0.15, 0.2) is 59.8 Å². The molecule has 2 aromatic carbocycles. The molecule has 26 heavy (non-hydrogen) atoms. The van der Waals surface area contributed by atoms with Gasteiger partial charge in [-0.25, -0.2) is 9.18 Å². The van der Waals surface area contributed by atoms with Crippen LogP contribution in [-0.4, -0.2) is 23.4 Å². The summed E-state index contributed by atoms with van der Waals surface area (Å²) < 4.78 is 13.1. The molecule has 2 heterocycles. The number of rotatable bonds is 3. The van der Waals surface area contributed by atoms with Gasteiger partial charge >= 0.3 is 6.03 Å². The molecule has 0 fully saturated rings. The van der Waals surface area contributed by atoms with E-state index in [1.54, 1.807) is 17.0 Å². The largest absolute Gasteiger partial charge is 0.329 e. The number of benzene rings is 2. The molecule has 5 nitrogen and oxygen atoms in total. The Bertz CT molecular complexity index is 904. The Kier molecular flexibility index (Phi) is 3.95. The van der Waals surface area contributed by atoms with Gasteiger partial charge in [0.05, 0.1) is 23.9 Å². The first-order valence-corrected chi connectivity index (χ1v) is 8.42. The number of halogens is 1. The van der Waals surface area contributed by atoms with Crippen LogP contribution in [0.2, 0.25) is 0 Å². The van der Waals surface area contributed by atoms with Crippen LogP contribution in [0.1, 0.15) is 22.7 Å². The number of amides is 3. The summed E-state index contributed by atoms with van der Waals surface area (Å²) in [5.74, 6) is -0.433. The van der Waals surface area contributed by atoms with Crippen molar-refractivity contribution in [3.05, 3.63) is 82.3 Å². The number of urea groups is 1. The molecule has 2 aliphatic rings. The molecule has 3 amide bonds. The smallest absolute Gasteiger partial charge is 0.319 e. The molecule has 1 atom stereocenters. The lowest BCUT2D eigenvalue weighted by atomic mass is 9.95. The molecule has 0 saturated carbocycles. The molecule has 4 rings (SSSR count). The third-order valence-corrected chi connectivity index (χ3v) is 4.72. The van der Waals surface area contributed by atoms with Gasteiger partial charge < -0.3 is 15.5 Å². The van der Waals surface area contributed by atoms with Crippen LogP contribution in [-0.2, 0) is 11.3 Å². The van der Waals surface area contributed by atoms with Crippen molar-refractivity contribution >= 4 is 11.9 Å². The lowest BCUT2D eigenvalue weighted by molar-refractivity contribution is -0.126. The summed E-state index contributed by atoms with van der Waals surface area (Å²) in [5.41, 5.74) is 4.02. The van der Waals surface area contributed by atoms with E-state index in [1.165, 1.54) is 12.1 Å². The Balaban J connectivity index is 1.61. The minimum atomic E-state index is -0.468. The van der Waals surface area contributed by atoms with Crippen molar-refractivity contribution in [1.29, 1.82) is 0 Å². The van der Waals surface area contributed by atoms with Crippen LogP contribution in [0.5, 0.6) is 0 Å². The Hall–Kier alpha value is -3.15. The maximum absolute atomic E-state index is 13.1. The minimum absolute atomic E-state index is 0.123. The van der Waals surface area contributed by atoms with E-state index in [0.29, 0.717) is 24.4 Å². The molecule has 2 aromatic rings. The average Bonchev–Trinajstić information content (AvgIpc) is 2.92. The van der Waals surface area contributed by atoms with Gasteiger partial charge in [-0.05, 0) is 30.2 Å². The van der Waals surface area contributed by atoms with Gasteiger partial charge in [0, 0.05) is 6.54 Å². The third-order valence-electron chi connectivity index (χ3n) is 4.72. The second kappa shape index (κ2) is 6.29. The van der Waals surface area contributed by atoms with Gasteiger partial charge in [-0.1, -0.05) is 42.0 Å². The second-order valence-corrected chi connectivity index (χ2v) is 6.62. The highest BCUT2D eigenvalue weighted by Crippen LogP contribution is 2.33. The normalized spacial score (nSPS) is 19.3. The molecule has 0 bridgehead atoms. The lowest BCUT2D eigenvalue weighted by Gasteiger charge is -2.25. The lowest BCUT2D eigenvalue weighted by Crippen LogP contribution is -2.44. The van der Waals surface area contributed by atoms with Crippen LogP contribution in [0.4, 0.5) is 9.18 Å². The van der Waals surface area contributed by atoms with Crippen LogP contribution in [0, 0.1) is 12.7 Å². The van der Waals surface area contributed by atoms with Crippen molar-refractivity contribution in [1.82, 2.24) is 15.5 Å². The summed E-state index contributed by atoms with van der Waals surface area (Å²) in [6, 6.07) is 13.1. The van der Waals surface area contributed by atoms with Crippen LogP contribution in [0.3, 0.4) is 0 Å². The highest BCUT2D eigenvalue weighted by molar-refractivity contribution is 6.01. The first-order chi connectivity index (χ1) is 12.5. The van der Waals surface area contributed by atoms with Gasteiger partial charge in [0.1, 0.15) is 5.82 Å². The summed E-state index contributed by atoms with van der Waals surface area (Å²) in [6.45, 7) is 2.69. The summed E-state index contributed by atoms with van der Waals surface area (Å²) in [6.07, 6.45) is 0. The molecule has 1 unspecified atom stereocenters. The summed E-state index contributed by atoms with van der Waals surface area (Å²) in [5, 5.41) is 5.59. The summed E-state index contributed by atoms with van der Waals surface area (Å²) in [7, 11) is 0. The Labute approximate surface area is 150 Å². The predicted molar refractivity (Wildman–Crippen MR) is 94.4 cm³/mol. The number of hydrogen-bond donors (Lipinski definition) is 2. The molecular weight excluding hydrogens is 333 g/mol. The molecule has 6 heteroatoms. The number of aryl methyl sites for hydroxylation is 1. The number of nitrogens with zero attached hydrogens (tertiary/aromatic N) is 1. The number of carbonyl (C=O) groups excluding carboxylic acids is 2. The van der Waals surface area contributed by atoms with Crippen molar-refractivity contribution in [2.75, 3.05) is 6.54 Å². The molecule has 132 valence electrons. The van der Waals surface area contributed by atoms with Gasteiger partial charge in [0.2, 0.25) is 0 Å². The number of hydrogen-bond acceptors (Lipinski definition) is 2. The molecular formula is C20H18FN3O2. The van der Waals surface area contributed by atoms with E-state index in [0.717, 1.165) is 16.7 Å². The van der Waals surface area contributed by atoms with Gasteiger partial charge in [-0.2, -0.15) is 0 Å². The van der Waals surface area contributed by atoms with E-state index < -0.39 is 6.04 Å². The molecule has 2 aliphatic heterocycles. The maximum atomic E-state index is 13.1. The summed E-state index contributed by atoms with van der Waals surface area (Å²) >= 11 is 0. The first-order valence-electron chi connectivity index (χ1n) is 8.42. The zero-order chi connectivity index (χ0) is 18.3. The van der Waals surface area contributed by atoms with Crippen molar-refractivity contribution < 1.29 is 14.0 Å². The Morgan fingerprint density at radius 3 is 2.46 bits per heavy atom. The van der Waals surface area contributed by atoms with Gasteiger partial charge in [-0.15, -0.1) is 0 Å². The number of carbonyl (C=O) groups is 2. The zero-order valence-corrected chi connectivity index (χ0v) is 14.3. The zero-order valence-electron chi connectivity index (χ0n) is 14.3. The molecule has 0 spiro atoms. The minimum Gasteiger partial charge on any atom is -0.329 e. The van der Waals surface area contributed by atoms with Crippen LogP contribution >= 0.6 is 0 Å². The van der Waals surface area contributed by atoms with Crippen molar-refractivity contribution in [3.63, 3.8) is 0 Å². The predicted octanol–water partition coefficient (Wildman–Crippen LogP) is 2.78. The van der Waals surface area contributed by atoms with E-state index >= 15 is 0 Å². The molecule has 0 saturated heterocycles. The van der Waals surface area contributed by atoms with Crippen molar-refractivity contribution in [3.8, 4) is 0 Å². The molecule has 0 aromatic heterocycles. The fourth-order valence-electron chi connectivity index (χ4n) is 3.38. The highest BCUT2D eigenvalue weighted by Gasteiger charge is 2.40. The van der Waals surface area contributed by atoms with Crippen molar-refractivity contribution in [2.45, 2.75) is 19.5 Å². The molecule has 0 radical (unpaired) electrons. The van der Waals surface area contributed by atoms with E-state index in [-0.39, 0.29) is 17.8 Å². The second-order valence-electron chi connectivity index (χ2n) is 6.62. The molecule has 2 N–H and O–H groups in total. The molecule has 0 aliphatic carbocycles. The van der Waals surface area contributed by atoms with Gasteiger partial charge in [0.15, 0.2) is 0 Å². The van der Waals surface area contributed by atoms with Gasteiger partial charge in [-0.3, -0.25) is 4.79 Å². The van der Waals surface area contributed by atoms with E-state index in [4.69, 9.17) is 0 Å². The third kappa shape index (κ3) is 2.94. The average molecular weight is 351 g/mol. The Morgan fingerprint density at radius 1 is 1.08 bits per heavy atom. The van der Waals surface area contributed by atoms with E-state index in [2.05, 4.69) is 10.6 Å². The van der Waals surface area contributed by atoms with Crippen LogP contribution in [0.25, 0.3) is 0 Å². The quantitative estimate of drug-likeness (QED) is 0.893. The van der Waals surface area contributed by atoms with E-state index in [1.807, 2.05) is 31.2 Å². The maximum Gasteiger partial charge on any atom is 0.319 e. The standard InChI is InChI=1S/C20H18FN3O2/c1-12-2-6-14(7-3-12)18-17-16(22-20(26)23-18)11-24(19(17)25)10-13-4-8-15(21)9-5-13/h2-9,18H,10-11H2,1H3,(H2,22,23,26). The first kappa shape index (κ1) is 16.3. The topological polar surface area (TPSA) is 61.4 Å². The monoisotopic (exact) mass is 351 g/mol.